The molecule has 1 heterocycles. The highest BCUT2D eigenvalue weighted by molar-refractivity contribution is 5.79. The summed E-state index contributed by atoms with van der Waals surface area (Å²) >= 11 is 0. The minimum absolute atomic E-state index is 0.0606. The number of rotatable bonds is 5. The van der Waals surface area contributed by atoms with Gasteiger partial charge in [0.2, 0.25) is 5.91 Å². The Hall–Kier alpha value is -1.14. The van der Waals surface area contributed by atoms with Crippen molar-refractivity contribution < 1.29 is 14.7 Å². The number of amides is 1. The van der Waals surface area contributed by atoms with Crippen molar-refractivity contribution in [1.82, 2.24) is 14.7 Å². The first kappa shape index (κ1) is 13.9. The van der Waals surface area contributed by atoms with E-state index in [0.717, 1.165) is 13.1 Å². The molecule has 0 aromatic carbocycles. The monoisotopic (exact) mass is 243 g/mol. The lowest BCUT2D eigenvalue weighted by Crippen LogP contribution is -2.56. The van der Waals surface area contributed by atoms with Gasteiger partial charge in [-0.3, -0.25) is 14.5 Å². The molecule has 0 saturated carbocycles. The Kier molecular flexibility index (Phi) is 4.89. The molecule has 1 saturated heterocycles. The predicted molar refractivity (Wildman–Crippen MR) is 63.8 cm³/mol. The van der Waals surface area contributed by atoms with Crippen molar-refractivity contribution in [3.63, 3.8) is 0 Å². The number of carbonyl (C=O) groups excluding carboxylic acids is 1. The van der Waals surface area contributed by atoms with E-state index in [1.807, 2.05) is 23.9 Å². The smallest absolute Gasteiger partial charge is 0.305 e. The summed E-state index contributed by atoms with van der Waals surface area (Å²) in [6.45, 7) is 2.37. The average molecular weight is 243 g/mol. The van der Waals surface area contributed by atoms with Crippen molar-refractivity contribution in [2.75, 3.05) is 47.3 Å². The van der Waals surface area contributed by atoms with Gasteiger partial charge in [0.1, 0.15) is 0 Å². The number of hydrogen-bond acceptors (Lipinski definition) is 4. The fraction of sp³-hybridized carbons (Fsp3) is 0.818. The molecule has 1 amide bonds. The number of piperazine rings is 1. The molecule has 0 aromatic heterocycles. The maximum atomic E-state index is 11.6. The van der Waals surface area contributed by atoms with Gasteiger partial charge in [-0.1, -0.05) is 0 Å². The van der Waals surface area contributed by atoms with Crippen molar-refractivity contribution in [3.05, 3.63) is 0 Å². The lowest BCUT2D eigenvalue weighted by Gasteiger charge is -2.39. The number of carbonyl (C=O) groups is 2. The van der Waals surface area contributed by atoms with Crippen LogP contribution in [0.4, 0.5) is 0 Å². The first-order valence-corrected chi connectivity index (χ1v) is 5.74. The van der Waals surface area contributed by atoms with E-state index in [-0.39, 0.29) is 18.4 Å². The lowest BCUT2D eigenvalue weighted by atomic mass is 10.1. The van der Waals surface area contributed by atoms with E-state index < -0.39 is 5.97 Å². The zero-order valence-corrected chi connectivity index (χ0v) is 10.7. The van der Waals surface area contributed by atoms with Crippen molar-refractivity contribution in [1.29, 1.82) is 0 Å². The molecule has 98 valence electrons. The minimum Gasteiger partial charge on any atom is -0.481 e. The van der Waals surface area contributed by atoms with E-state index in [9.17, 15) is 9.59 Å². The second kappa shape index (κ2) is 5.97. The van der Waals surface area contributed by atoms with Gasteiger partial charge in [0, 0.05) is 32.7 Å². The molecule has 1 unspecified atom stereocenters. The van der Waals surface area contributed by atoms with Gasteiger partial charge in [-0.15, -0.1) is 0 Å². The third kappa shape index (κ3) is 4.32. The van der Waals surface area contributed by atoms with Crippen LogP contribution in [-0.2, 0) is 9.59 Å². The van der Waals surface area contributed by atoms with E-state index in [1.165, 1.54) is 0 Å². The van der Waals surface area contributed by atoms with E-state index in [4.69, 9.17) is 5.11 Å². The van der Waals surface area contributed by atoms with Crippen molar-refractivity contribution in [2.24, 2.45) is 0 Å². The van der Waals surface area contributed by atoms with E-state index >= 15 is 0 Å². The van der Waals surface area contributed by atoms with Crippen LogP contribution in [-0.4, -0.2) is 85.0 Å². The second-order valence-corrected chi connectivity index (χ2v) is 4.80. The number of carboxylic acid groups (broad SMARTS) is 1. The Balaban J connectivity index is 2.60. The van der Waals surface area contributed by atoms with Crippen LogP contribution in [0.1, 0.15) is 6.42 Å². The summed E-state index contributed by atoms with van der Waals surface area (Å²) in [4.78, 5) is 28.0. The van der Waals surface area contributed by atoms with Crippen molar-refractivity contribution in [2.45, 2.75) is 12.5 Å². The molecule has 0 aliphatic carbocycles. The molecule has 0 radical (unpaired) electrons. The van der Waals surface area contributed by atoms with Crippen LogP contribution in [0.15, 0.2) is 0 Å². The first-order chi connectivity index (χ1) is 7.90. The first-order valence-electron chi connectivity index (χ1n) is 5.74. The van der Waals surface area contributed by atoms with E-state index in [0.29, 0.717) is 13.1 Å². The summed E-state index contributed by atoms with van der Waals surface area (Å²) in [6.07, 6.45) is 0.0883. The molecule has 0 spiro atoms. The molecule has 6 heteroatoms. The molecule has 1 N–H and O–H groups in total. The van der Waals surface area contributed by atoms with Crippen LogP contribution in [0.3, 0.4) is 0 Å². The molecule has 0 bridgehead atoms. The van der Waals surface area contributed by atoms with Gasteiger partial charge in [0.05, 0.1) is 13.0 Å². The van der Waals surface area contributed by atoms with Crippen LogP contribution in [0.2, 0.25) is 0 Å². The van der Waals surface area contributed by atoms with Gasteiger partial charge in [0.25, 0.3) is 0 Å². The highest BCUT2D eigenvalue weighted by atomic mass is 16.4. The van der Waals surface area contributed by atoms with Gasteiger partial charge in [0.15, 0.2) is 0 Å². The Morgan fingerprint density at radius 1 is 1.53 bits per heavy atom. The van der Waals surface area contributed by atoms with Crippen LogP contribution >= 0.6 is 0 Å². The standard InChI is InChI=1S/C11H21N3O3/c1-12(2)4-5-14-8-10(15)13(3)7-9(14)6-11(16)17/h9H,4-8H2,1-3H3,(H,16,17). The second-order valence-electron chi connectivity index (χ2n) is 4.80. The summed E-state index contributed by atoms with van der Waals surface area (Å²) in [5.74, 6) is -0.752. The molecule has 1 fully saturated rings. The molecule has 1 atom stereocenters. The van der Waals surface area contributed by atoms with Crippen LogP contribution < -0.4 is 0 Å². The van der Waals surface area contributed by atoms with Crippen LogP contribution in [0, 0.1) is 0 Å². The molecule has 6 nitrogen and oxygen atoms in total. The highest BCUT2D eigenvalue weighted by Gasteiger charge is 2.31. The van der Waals surface area contributed by atoms with Crippen molar-refractivity contribution >= 4 is 11.9 Å². The average Bonchev–Trinajstić information content (AvgIpc) is 2.20. The van der Waals surface area contributed by atoms with Gasteiger partial charge < -0.3 is 14.9 Å². The minimum atomic E-state index is -0.812. The molecule has 1 rings (SSSR count). The molecule has 17 heavy (non-hydrogen) atoms. The maximum absolute atomic E-state index is 11.6. The van der Waals surface area contributed by atoms with E-state index in [1.54, 1.807) is 11.9 Å². The summed E-state index contributed by atoms with van der Waals surface area (Å²) in [5.41, 5.74) is 0. The van der Waals surface area contributed by atoms with Gasteiger partial charge in [-0.2, -0.15) is 0 Å². The number of nitrogens with zero attached hydrogens (tertiary/aromatic N) is 3. The summed E-state index contributed by atoms with van der Waals surface area (Å²) in [5, 5.41) is 8.87. The normalized spacial score (nSPS) is 22.2. The van der Waals surface area contributed by atoms with Crippen molar-refractivity contribution in [3.8, 4) is 0 Å². The van der Waals surface area contributed by atoms with Crippen LogP contribution in [0.5, 0.6) is 0 Å². The SMILES string of the molecule is CN(C)CCN1CC(=O)N(C)CC1CC(=O)O. The lowest BCUT2D eigenvalue weighted by molar-refractivity contribution is -0.144. The fourth-order valence-electron chi connectivity index (χ4n) is 1.94. The quantitative estimate of drug-likeness (QED) is 0.682. The summed E-state index contributed by atoms with van der Waals surface area (Å²) < 4.78 is 0. The van der Waals surface area contributed by atoms with Gasteiger partial charge in [-0.25, -0.2) is 0 Å². The van der Waals surface area contributed by atoms with Crippen LogP contribution in [0.25, 0.3) is 0 Å². The highest BCUT2D eigenvalue weighted by Crippen LogP contribution is 2.12. The fourth-order valence-corrected chi connectivity index (χ4v) is 1.94. The molecular formula is C11H21N3O3. The third-order valence-corrected chi connectivity index (χ3v) is 3.01. The number of carboxylic acids is 1. The zero-order chi connectivity index (χ0) is 13.0. The Labute approximate surface area is 102 Å². The Bertz CT molecular complexity index is 294. The number of aliphatic carboxylic acids is 1. The molecule has 0 aromatic rings. The summed E-state index contributed by atoms with van der Waals surface area (Å²) in [7, 11) is 5.65. The zero-order valence-electron chi connectivity index (χ0n) is 10.7. The Morgan fingerprint density at radius 2 is 2.18 bits per heavy atom. The molecular weight excluding hydrogens is 222 g/mol. The maximum Gasteiger partial charge on any atom is 0.305 e. The summed E-state index contributed by atoms with van der Waals surface area (Å²) in [6, 6.07) is -0.0739. The topological polar surface area (TPSA) is 64.1 Å². The third-order valence-electron chi connectivity index (χ3n) is 3.01. The molecule has 1 aliphatic rings. The number of likely N-dealkylation sites (N-methyl/N-ethyl adjacent to an activating group) is 2. The number of hydrogen-bond donors (Lipinski definition) is 1. The Morgan fingerprint density at radius 3 is 2.71 bits per heavy atom. The molecule has 1 aliphatic heterocycles. The largest absolute Gasteiger partial charge is 0.481 e. The van der Waals surface area contributed by atoms with E-state index in [2.05, 4.69) is 0 Å². The van der Waals surface area contributed by atoms with Gasteiger partial charge >= 0.3 is 5.97 Å². The predicted octanol–water partition coefficient (Wildman–Crippen LogP) is -0.835. The van der Waals surface area contributed by atoms with Gasteiger partial charge in [-0.05, 0) is 14.1 Å².